The molecule has 1 aromatic rings. The van der Waals surface area contributed by atoms with E-state index in [1.807, 2.05) is 4.89 Å². The molecule has 2 rings (SSSR count). The van der Waals surface area contributed by atoms with Gasteiger partial charge in [0, 0.05) is 0 Å². The van der Waals surface area contributed by atoms with Crippen LogP contribution < -0.4 is 4.89 Å². The molecule has 0 heterocycles. The Labute approximate surface area is 117 Å². The number of hydrogen-bond acceptors (Lipinski definition) is 4. The van der Waals surface area contributed by atoms with Gasteiger partial charge < -0.3 is 5.11 Å². The molecular formula is C13H17NO5S. The van der Waals surface area contributed by atoms with E-state index in [1.54, 1.807) is 18.2 Å². The first kappa shape index (κ1) is 15.0. The number of hydrogen-bond donors (Lipinski definition) is 2. The normalized spacial score (nSPS) is 16.1. The Bertz CT molecular complexity index is 619. The van der Waals surface area contributed by atoms with Crippen LogP contribution in [0.25, 0.3) is 0 Å². The lowest BCUT2D eigenvalue weighted by atomic mass is 10.1. The van der Waals surface area contributed by atoms with Crippen LogP contribution in [-0.2, 0) is 19.7 Å². The minimum atomic E-state index is -3.90. The van der Waals surface area contributed by atoms with Crippen molar-refractivity contribution >= 4 is 16.0 Å². The second-order valence-corrected chi connectivity index (χ2v) is 6.93. The van der Waals surface area contributed by atoms with Crippen molar-refractivity contribution in [2.45, 2.75) is 43.1 Å². The van der Waals surface area contributed by atoms with Gasteiger partial charge in [-0.25, -0.2) is 13.2 Å². The van der Waals surface area contributed by atoms with Crippen LogP contribution in [0.2, 0.25) is 0 Å². The largest absolute Gasteiger partial charge is 0.479 e. The first-order valence-corrected chi connectivity index (χ1v) is 7.74. The number of rotatable bonds is 6. The Morgan fingerprint density at radius 3 is 2.50 bits per heavy atom. The van der Waals surface area contributed by atoms with Crippen LogP contribution in [0.3, 0.4) is 0 Å². The van der Waals surface area contributed by atoms with Crippen molar-refractivity contribution in [1.82, 2.24) is 4.89 Å². The molecule has 0 atom stereocenters. The fraction of sp³-hybridized carbons (Fsp3) is 0.462. The highest BCUT2D eigenvalue weighted by Gasteiger charge is 2.33. The summed E-state index contributed by atoms with van der Waals surface area (Å²) in [7, 11) is -3.90. The molecule has 0 unspecified atom stereocenters. The SMILES string of the molecule is CC(C)(ONS(=O)(=O)c1ccccc1C1CC1)C(=O)O. The molecule has 1 aliphatic carbocycles. The summed E-state index contributed by atoms with van der Waals surface area (Å²) >= 11 is 0. The maximum Gasteiger partial charge on any atom is 0.337 e. The van der Waals surface area contributed by atoms with Crippen molar-refractivity contribution in [2.24, 2.45) is 0 Å². The van der Waals surface area contributed by atoms with Gasteiger partial charge in [0.25, 0.3) is 10.0 Å². The van der Waals surface area contributed by atoms with E-state index in [9.17, 15) is 13.2 Å². The molecular weight excluding hydrogens is 282 g/mol. The molecule has 0 saturated heterocycles. The zero-order chi connectivity index (χ0) is 15.0. The van der Waals surface area contributed by atoms with Gasteiger partial charge in [-0.15, -0.1) is 0 Å². The zero-order valence-electron chi connectivity index (χ0n) is 11.3. The molecule has 110 valence electrons. The van der Waals surface area contributed by atoms with Gasteiger partial charge in [-0.1, -0.05) is 23.1 Å². The average Bonchev–Trinajstić information content (AvgIpc) is 3.21. The third kappa shape index (κ3) is 3.17. The van der Waals surface area contributed by atoms with E-state index in [4.69, 9.17) is 9.94 Å². The summed E-state index contributed by atoms with van der Waals surface area (Å²) in [4.78, 5) is 17.8. The van der Waals surface area contributed by atoms with E-state index < -0.39 is 21.6 Å². The number of carboxylic acid groups (broad SMARTS) is 1. The summed E-state index contributed by atoms with van der Waals surface area (Å²) in [5, 5.41) is 8.90. The number of carboxylic acids is 1. The van der Waals surface area contributed by atoms with E-state index >= 15 is 0 Å². The molecule has 1 aromatic carbocycles. The van der Waals surface area contributed by atoms with Gasteiger partial charge in [-0.2, -0.15) is 0 Å². The maximum absolute atomic E-state index is 12.2. The van der Waals surface area contributed by atoms with E-state index in [-0.39, 0.29) is 10.8 Å². The molecule has 0 spiro atoms. The number of aliphatic carboxylic acids is 1. The summed E-state index contributed by atoms with van der Waals surface area (Å²) in [5.74, 6) is -0.995. The highest BCUT2D eigenvalue weighted by atomic mass is 32.2. The fourth-order valence-corrected chi connectivity index (χ4v) is 2.91. The number of benzene rings is 1. The fourth-order valence-electron chi connectivity index (χ4n) is 1.70. The summed E-state index contributed by atoms with van der Waals surface area (Å²) < 4.78 is 24.5. The quantitative estimate of drug-likeness (QED) is 0.779. The van der Waals surface area contributed by atoms with Gasteiger partial charge in [-0.3, -0.25) is 4.84 Å². The molecule has 2 N–H and O–H groups in total. The van der Waals surface area contributed by atoms with Crippen LogP contribution in [0, 0.1) is 0 Å². The van der Waals surface area contributed by atoms with Crippen molar-refractivity contribution in [3.8, 4) is 0 Å². The molecule has 6 nitrogen and oxygen atoms in total. The summed E-state index contributed by atoms with van der Waals surface area (Å²) in [6.07, 6.45) is 1.93. The molecule has 7 heteroatoms. The lowest BCUT2D eigenvalue weighted by molar-refractivity contribution is -0.165. The van der Waals surface area contributed by atoms with Crippen LogP contribution in [0.15, 0.2) is 29.2 Å². The molecule has 20 heavy (non-hydrogen) atoms. The third-order valence-electron chi connectivity index (χ3n) is 3.15. The van der Waals surface area contributed by atoms with Crippen molar-refractivity contribution in [2.75, 3.05) is 0 Å². The van der Waals surface area contributed by atoms with Crippen LogP contribution in [0.1, 0.15) is 38.2 Å². The number of nitrogens with one attached hydrogen (secondary N) is 1. The highest BCUT2D eigenvalue weighted by molar-refractivity contribution is 7.89. The van der Waals surface area contributed by atoms with Crippen LogP contribution in [0.5, 0.6) is 0 Å². The molecule has 0 aliphatic heterocycles. The maximum atomic E-state index is 12.2. The van der Waals surface area contributed by atoms with Crippen molar-refractivity contribution in [3.63, 3.8) is 0 Å². The number of carbonyl (C=O) groups is 1. The second-order valence-electron chi connectivity index (χ2n) is 5.32. The summed E-state index contributed by atoms with van der Waals surface area (Å²) in [6, 6.07) is 6.68. The standard InChI is InChI=1S/C13H17NO5S/c1-13(2,12(15)16)19-14-20(17,18)11-6-4-3-5-10(11)9-7-8-9/h3-6,9,14H,7-8H2,1-2H3,(H,15,16). The average molecular weight is 299 g/mol. The Morgan fingerprint density at radius 1 is 1.35 bits per heavy atom. The monoisotopic (exact) mass is 299 g/mol. The Balaban J connectivity index is 2.21. The summed E-state index contributed by atoms with van der Waals surface area (Å²) in [5.41, 5.74) is -0.890. The Kier molecular flexibility index (Phi) is 3.86. The lowest BCUT2D eigenvalue weighted by Gasteiger charge is -2.20. The highest BCUT2D eigenvalue weighted by Crippen LogP contribution is 2.42. The molecule has 1 fully saturated rings. The van der Waals surface area contributed by atoms with E-state index in [1.165, 1.54) is 19.9 Å². The minimum Gasteiger partial charge on any atom is -0.479 e. The number of sulfonamides is 1. The lowest BCUT2D eigenvalue weighted by Crippen LogP contribution is -2.42. The zero-order valence-corrected chi connectivity index (χ0v) is 12.1. The first-order valence-electron chi connectivity index (χ1n) is 6.26. The Hall–Kier alpha value is -1.44. The van der Waals surface area contributed by atoms with Gasteiger partial charge >= 0.3 is 5.97 Å². The van der Waals surface area contributed by atoms with Gasteiger partial charge in [0.15, 0.2) is 5.60 Å². The summed E-state index contributed by atoms with van der Waals surface area (Å²) in [6.45, 7) is 2.54. The van der Waals surface area contributed by atoms with Gasteiger partial charge in [0.2, 0.25) is 0 Å². The Morgan fingerprint density at radius 2 is 1.95 bits per heavy atom. The second kappa shape index (κ2) is 5.16. The van der Waals surface area contributed by atoms with Crippen molar-refractivity contribution in [1.29, 1.82) is 0 Å². The topological polar surface area (TPSA) is 92.7 Å². The smallest absolute Gasteiger partial charge is 0.337 e. The molecule has 0 amide bonds. The van der Waals surface area contributed by atoms with E-state index in [0.29, 0.717) is 0 Å². The molecule has 1 aliphatic rings. The van der Waals surface area contributed by atoms with Crippen LogP contribution in [-0.4, -0.2) is 25.1 Å². The van der Waals surface area contributed by atoms with Crippen LogP contribution in [0.4, 0.5) is 0 Å². The molecule has 0 radical (unpaired) electrons. The van der Waals surface area contributed by atoms with Crippen LogP contribution >= 0.6 is 0 Å². The van der Waals surface area contributed by atoms with E-state index in [2.05, 4.69) is 0 Å². The van der Waals surface area contributed by atoms with Gasteiger partial charge in [0.1, 0.15) is 0 Å². The van der Waals surface area contributed by atoms with Crippen molar-refractivity contribution < 1.29 is 23.2 Å². The third-order valence-corrected chi connectivity index (χ3v) is 4.40. The van der Waals surface area contributed by atoms with Crippen molar-refractivity contribution in [3.05, 3.63) is 29.8 Å². The predicted molar refractivity (Wildman–Crippen MR) is 71.5 cm³/mol. The first-order chi connectivity index (χ1) is 9.24. The molecule has 1 saturated carbocycles. The predicted octanol–water partition coefficient (Wildman–Crippen LogP) is 1.64. The minimum absolute atomic E-state index is 0.142. The van der Waals surface area contributed by atoms with E-state index in [0.717, 1.165) is 18.4 Å². The van der Waals surface area contributed by atoms with Gasteiger partial charge in [-0.05, 0) is 44.2 Å². The molecule has 0 bridgehead atoms. The molecule has 0 aromatic heterocycles. The van der Waals surface area contributed by atoms with Gasteiger partial charge in [0.05, 0.1) is 4.90 Å².